The molecule has 0 spiro atoms. The number of amides is 1. The highest BCUT2D eigenvalue weighted by Crippen LogP contribution is 2.29. The highest BCUT2D eigenvalue weighted by molar-refractivity contribution is 5.77. The molecule has 0 aromatic heterocycles. The van der Waals surface area contributed by atoms with Crippen molar-refractivity contribution in [2.75, 3.05) is 13.2 Å². The Hall–Kier alpha value is -1.61. The third-order valence-corrected chi connectivity index (χ3v) is 4.42. The first-order valence-corrected chi connectivity index (χ1v) is 7.86. The Morgan fingerprint density at radius 1 is 1.33 bits per heavy atom. The molecule has 21 heavy (non-hydrogen) atoms. The molecule has 3 nitrogen and oxygen atoms in total. The van der Waals surface area contributed by atoms with Gasteiger partial charge in [0.25, 0.3) is 0 Å². The number of allylic oxidation sites excluding steroid dienone is 2. The van der Waals surface area contributed by atoms with E-state index < -0.39 is 0 Å². The lowest BCUT2D eigenvalue weighted by atomic mass is 10.00. The van der Waals surface area contributed by atoms with Crippen LogP contribution in [-0.4, -0.2) is 30.1 Å². The van der Waals surface area contributed by atoms with Gasteiger partial charge < -0.3 is 9.64 Å². The van der Waals surface area contributed by atoms with Crippen LogP contribution < -0.4 is 0 Å². The van der Waals surface area contributed by atoms with Gasteiger partial charge in [-0.3, -0.25) is 4.79 Å². The number of carbonyl (C=O) groups is 1. The minimum Gasteiger partial charge on any atom is -0.374 e. The number of nitrogens with zero attached hydrogens (tertiary/aromatic N) is 1. The van der Waals surface area contributed by atoms with Crippen LogP contribution in [-0.2, 0) is 9.53 Å². The Morgan fingerprint density at radius 2 is 2.14 bits per heavy atom. The second kappa shape index (κ2) is 6.44. The van der Waals surface area contributed by atoms with Crippen molar-refractivity contribution < 1.29 is 9.53 Å². The fourth-order valence-electron chi connectivity index (χ4n) is 3.24. The van der Waals surface area contributed by atoms with Crippen LogP contribution in [0, 0.1) is 5.92 Å². The van der Waals surface area contributed by atoms with Crippen LogP contribution in [0.3, 0.4) is 0 Å². The first-order valence-electron chi connectivity index (χ1n) is 7.86. The lowest BCUT2D eigenvalue weighted by molar-refractivity contribution is -0.145. The third-order valence-electron chi connectivity index (χ3n) is 4.42. The smallest absolute Gasteiger partial charge is 0.223 e. The van der Waals surface area contributed by atoms with E-state index in [1.165, 1.54) is 5.56 Å². The number of benzene rings is 1. The van der Waals surface area contributed by atoms with Crippen LogP contribution >= 0.6 is 0 Å². The number of hydrogen-bond acceptors (Lipinski definition) is 2. The Morgan fingerprint density at radius 3 is 2.86 bits per heavy atom. The molecule has 0 bridgehead atoms. The molecule has 1 aromatic rings. The van der Waals surface area contributed by atoms with Crippen LogP contribution in [0.15, 0.2) is 42.5 Å². The van der Waals surface area contributed by atoms with Crippen LogP contribution in [0.1, 0.15) is 37.8 Å². The van der Waals surface area contributed by atoms with Gasteiger partial charge in [-0.05, 0) is 31.2 Å². The summed E-state index contributed by atoms with van der Waals surface area (Å²) in [6.45, 7) is 3.32. The van der Waals surface area contributed by atoms with E-state index in [4.69, 9.17) is 4.74 Å². The zero-order valence-electron chi connectivity index (χ0n) is 12.6. The summed E-state index contributed by atoms with van der Waals surface area (Å²) >= 11 is 0. The molecule has 1 aliphatic carbocycles. The van der Waals surface area contributed by atoms with E-state index in [1.54, 1.807) is 0 Å². The standard InChI is InChI=1S/C18H23NO2/c1-14-12-19(18(20)11-15-7-5-6-8-15)17(13-21-14)16-9-3-2-4-10-16/h2-5,7,9-10,14-15,17H,6,8,11-13H2,1H3. The summed E-state index contributed by atoms with van der Waals surface area (Å²) in [4.78, 5) is 14.7. The topological polar surface area (TPSA) is 29.5 Å². The number of morpholine rings is 1. The van der Waals surface area contributed by atoms with Gasteiger partial charge in [0.1, 0.15) is 0 Å². The van der Waals surface area contributed by atoms with Crippen molar-refractivity contribution in [2.24, 2.45) is 5.92 Å². The highest BCUT2D eigenvalue weighted by Gasteiger charge is 2.32. The largest absolute Gasteiger partial charge is 0.374 e. The molecular formula is C18H23NO2. The van der Waals surface area contributed by atoms with Gasteiger partial charge in [-0.15, -0.1) is 0 Å². The Kier molecular flexibility index (Phi) is 4.39. The Balaban J connectivity index is 1.74. The van der Waals surface area contributed by atoms with Crippen LogP contribution in [0.2, 0.25) is 0 Å². The lowest BCUT2D eigenvalue weighted by Gasteiger charge is -2.39. The van der Waals surface area contributed by atoms with Crippen LogP contribution in [0.4, 0.5) is 0 Å². The molecule has 1 fully saturated rings. The number of rotatable bonds is 3. The molecule has 2 aliphatic rings. The highest BCUT2D eigenvalue weighted by atomic mass is 16.5. The quantitative estimate of drug-likeness (QED) is 0.797. The molecular weight excluding hydrogens is 262 g/mol. The normalized spacial score (nSPS) is 28.8. The molecule has 3 rings (SSSR count). The maximum absolute atomic E-state index is 12.7. The Bertz CT molecular complexity index is 511. The number of ether oxygens (including phenoxy) is 1. The van der Waals surface area contributed by atoms with Crippen molar-refractivity contribution in [3.8, 4) is 0 Å². The molecule has 3 heteroatoms. The first kappa shape index (κ1) is 14.3. The van der Waals surface area contributed by atoms with E-state index >= 15 is 0 Å². The summed E-state index contributed by atoms with van der Waals surface area (Å²) < 4.78 is 5.79. The zero-order valence-corrected chi connectivity index (χ0v) is 12.6. The summed E-state index contributed by atoms with van der Waals surface area (Å²) in [5.74, 6) is 0.683. The van der Waals surface area contributed by atoms with Crippen molar-refractivity contribution >= 4 is 5.91 Å². The molecule has 1 aliphatic heterocycles. The maximum atomic E-state index is 12.7. The fraction of sp³-hybridized carbons (Fsp3) is 0.500. The molecule has 0 saturated carbocycles. The molecule has 112 valence electrons. The second-order valence-corrected chi connectivity index (χ2v) is 6.09. The van der Waals surface area contributed by atoms with Crippen molar-refractivity contribution in [2.45, 2.75) is 38.3 Å². The van der Waals surface area contributed by atoms with Crippen molar-refractivity contribution in [3.63, 3.8) is 0 Å². The molecule has 3 atom stereocenters. The van der Waals surface area contributed by atoms with E-state index in [0.29, 0.717) is 25.5 Å². The van der Waals surface area contributed by atoms with Gasteiger partial charge in [-0.2, -0.15) is 0 Å². The predicted molar refractivity (Wildman–Crippen MR) is 82.8 cm³/mol. The minimum absolute atomic E-state index is 0.0558. The first-order chi connectivity index (χ1) is 10.2. The molecule has 1 heterocycles. The van der Waals surface area contributed by atoms with Crippen molar-refractivity contribution in [1.82, 2.24) is 4.90 Å². The van der Waals surface area contributed by atoms with Gasteiger partial charge in [-0.1, -0.05) is 42.5 Å². The predicted octanol–water partition coefficient (Wildman–Crippen LogP) is 3.33. The van der Waals surface area contributed by atoms with Gasteiger partial charge in [0.2, 0.25) is 5.91 Å². The van der Waals surface area contributed by atoms with Gasteiger partial charge in [0.05, 0.1) is 18.8 Å². The summed E-state index contributed by atoms with van der Waals surface area (Å²) in [6.07, 6.45) is 7.36. The van der Waals surface area contributed by atoms with E-state index in [0.717, 1.165) is 12.8 Å². The average molecular weight is 285 g/mol. The third kappa shape index (κ3) is 3.35. The molecule has 0 radical (unpaired) electrons. The van der Waals surface area contributed by atoms with E-state index in [1.807, 2.05) is 30.0 Å². The fourth-order valence-corrected chi connectivity index (χ4v) is 3.24. The molecule has 1 aromatic carbocycles. The SMILES string of the molecule is CC1CN(C(=O)CC2C=CCC2)C(c2ccccc2)CO1. The molecule has 0 N–H and O–H groups in total. The van der Waals surface area contributed by atoms with Gasteiger partial charge in [0.15, 0.2) is 0 Å². The monoisotopic (exact) mass is 285 g/mol. The van der Waals surface area contributed by atoms with Gasteiger partial charge in [-0.25, -0.2) is 0 Å². The number of hydrogen-bond donors (Lipinski definition) is 0. The summed E-state index contributed by atoms with van der Waals surface area (Å²) in [5.41, 5.74) is 1.17. The van der Waals surface area contributed by atoms with Crippen molar-refractivity contribution in [1.29, 1.82) is 0 Å². The maximum Gasteiger partial charge on any atom is 0.223 e. The Labute approximate surface area is 126 Å². The van der Waals surface area contributed by atoms with Crippen molar-refractivity contribution in [3.05, 3.63) is 48.0 Å². The molecule has 1 amide bonds. The van der Waals surface area contributed by atoms with Crippen LogP contribution in [0.25, 0.3) is 0 Å². The van der Waals surface area contributed by atoms with E-state index in [9.17, 15) is 4.79 Å². The lowest BCUT2D eigenvalue weighted by Crippen LogP contribution is -2.47. The molecule has 1 saturated heterocycles. The minimum atomic E-state index is 0.0558. The zero-order chi connectivity index (χ0) is 14.7. The molecule has 3 unspecified atom stereocenters. The van der Waals surface area contributed by atoms with Crippen LogP contribution in [0.5, 0.6) is 0 Å². The second-order valence-electron chi connectivity index (χ2n) is 6.09. The number of carbonyl (C=O) groups excluding carboxylic acids is 1. The van der Waals surface area contributed by atoms with E-state index in [2.05, 4.69) is 24.3 Å². The summed E-state index contributed by atoms with van der Waals surface area (Å²) in [6, 6.07) is 10.3. The average Bonchev–Trinajstić information content (AvgIpc) is 3.01. The summed E-state index contributed by atoms with van der Waals surface area (Å²) in [5, 5.41) is 0. The van der Waals surface area contributed by atoms with Gasteiger partial charge in [0, 0.05) is 13.0 Å². The van der Waals surface area contributed by atoms with E-state index in [-0.39, 0.29) is 18.1 Å². The van der Waals surface area contributed by atoms with Gasteiger partial charge >= 0.3 is 0 Å². The summed E-state index contributed by atoms with van der Waals surface area (Å²) in [7, 11) is 0.